The molecule has 6 heteroatoms. The number of carbonyl (C=O) groups excluding carboxylic acids is 1. The fourth-order valence-corrected chi connectivity index (χ4v) is 2.02. The predicted octanol–water partition coefficient (Wildman–Crippen LogP) is -0.137. The number of aromatic nitrogens is 2. The summed E-state index contributed by atoms with van der Waals surface area (Å²) in [5.41, 5.74) is 5.77. The number of anilines is 1. The topological polar surface area (TPSA) is 75.4 Å². The highest BCUT2D eigenvalue weighted by Gasteiger charge is 2.24. The number of piperazine rings is 1. The van der Waals surface area contributed by atoms with E-state index in [1.807, 2.05) is 11.8 Å². The maximum atomic E-state index is 11.9. The Kier molecular flexibility index (Phi) is 4.09. The van der Waals surface area contributed by atoms with Crippen LogP contribution in [-0.2, 0) is 4.79 Å². The van der Waals surface area contributed by atoms with Crippen LogP contribution in [-0.4, -0.2) is 53.0 Å². The van der Waals surface area contributed by atoms with Gasteiger partial charge in [0, 0.05) is 38.6 Å². The van der Waals surface area contributed by atoms with Gasteiger partial charge in [0.1, 0.15) is 5.82 Å². The summed E-state index contributed by atoms with van der Waals surface area (Å²) in [6.45, 7) is 4.88. The number of rotatable bonds is 3. The van der Waals surface area contributed by atoms with Gasteiger partial charge in [0.15, 0.2) is 0 Å². The van der Waals surface area contributed by atoms with E-state index in [0.717, 1.165) is 18.9 Å². The molecule has 98 valence electrons. The highest BCUT2D eigenvalue weighted by atomic mass is 16.2. The Labute approximate surface area is 107 Å². The molecule has 1 saturated heterocycles. The maximum absolute atomic E-state index is 11.9. The molecule has 0 radical (unpaired) electrons. The van der Waals surface area contributed by atoms with Gasteiger partial charge >= 0.3 is 0 Å². The maximum Gasteiger partial charge on any atom is 0.239 e. The van der Waals surface area contributed by atoms with E-state index in [4.69, 9.17) is 5.73 Å². The smallest absolute Gasteiger partial charge is 0.239 e. The van der Waals surface area contributed by atoms with Crippen LogP contribution in [0.25, 0.3) is 0 Å². The molecular weight excluding hydrogens is 230 g/mol. The minimum atomic E-state index is -0.368. The molecule has 1 amide bonds. The van der Waals surface area contributed by atoms with Crippen molar-refractivity contribution in [3.05, 3.63) is 18.6 Å². The summed E-state index contributed by atoms with van der Waals surface area (Å²) in [6, 6.07) is -0.368. The first kappa shape index (κ1) is 12.8. The van der Waals surface area contributed by atoms with Crippen LogP contribution in [0.4, 0.5) is 5.82 Å². The number of hydrogen-bond acceptors (Lipinski definition) is 5. The molecule has 1 aromatic rings. The van der Waals surface area contributed by atoms with Crippen LogP contribution in [0.2, 0.25) is 0 Å². The minimum Gasteiger partial charge on any atom is -0.352 e. The van der Waals surface area contributed by atoms with Crippen molar-refractivity contribution in [3.63, 3.8) is 0 Å². The van der Waals surface area contributed by atoms with Crippen LogP contribution >= 0.6 is 0 Å². The second-order valence-corrected chi connectivity index (χ2v) is 4.39. The van der Waals surface area contributed by atoms with Gasteiger partial charge in [0.2, 0.25) is 5.91 Å². The first-order valence-corrected chi connectivity index (χ1v) is 6.27. The Morgan fingerprint density at radius 3 is 2.67 bits per heavy atom. The Hall–Kier alpha value is -1.69. The molecule has 6 nitrogen and oxygen atoms in total. The number of nitrogens with two attached hydrogens (primary N) is 1. The van der Waals surface area contributed by atoms with Crippen LogP contribution in [0, 0.1) is 0 Å². The van der Waals surface area contributed by atoms with Crippen molar-refractivity contribution in [2.45, 2.75) is 19.4 Å². The third kappa shape index (κ3) is 2.76. The Balaban J connectivity index is 1.90. The molecule has 1 aliphatic heterocycles. The summed E-state index contributed by atoms with van der Waals surface area (Å²) in [7, 11) is 0. The Morgan fingerprint density at radius 1 is 1.39 bits per heavy atom. The van der Waals surface area contributed by atoms with E-state index < -0.39 is 0 Å². The second-order valence-electron chi connectivity index (χ2n) is 4.39. The van der Waals surface area contributed by atoms with Crippen molar-refractivity contribution >= 4 is 11.7 Å². The van der Waals surface area contributed by atoms with Crippen LogP contribution < -0.4 is 10.6 Å². The summed E-state index contributed by atoms with van der Waals surface area (Å²) < 4.78 is 0. The van der Waals surface area contributed by atoms with Gasteiger partial charge < -0.3 is 15.5 Å². The second kappa shape index (κ2) is 5.77. The standard InChI is InChI=1S/C12H19N5O/c1-2-10(13)12(18)17-7-5-16(6-8-17)11-9-14-3-4-15-11/h3-4,9-10H,2,5-8,13H2,1H3/t10-/m0/s1. The van der Waals surface area contributed by atoms with Crippen LogP contribution in [0.3, 0.4) is 0 Å². The lowest BCUT2D eigenvalue weighted by Gasteiger charge is -2.36. The SMILES string of the molecule is CC[C@H](N)C(=O)N1CCN(c2cnccn2)CC1. The van der Waals surface area contributed by atoms with Crippen molar-refractivity contribution in [1.82, 2.24) is 14.9 Å². The van der Waals surface area contributed by atoms with Gasteiger partial charge in [-0.25, -0.2) is 4.98 Å². The molecule has 2 N–H and O–H groups in total. The zero-order valence-corrected chi connectivity index (χ0v) is 10.6. The average Bonchev–Trinajstić information content (AvgIpc) is 2.47. The molecule has 0 bridgehead atoms. The highest BCUT2D eigenvalue weighted by Crippen LogP contribution is 2.12. The van der Waals surface area contributed by atoms with E-state index in [2.05, 4.69) is 14.9 Å². The monoisotopic (exact) mass is 249 g/mol. The van der Waals surface area contributed by atoms with Crippen LogP contribution in [0.1, 0.15) is 13.3 Å². The van der Waals surface area contributed by atoms with Gasteiger partial charge in [0.05, 0.1) is 12.2 Å². The molecule has 1 fully saturated rings. The normalized spacial score (nSPS) is 17.7. The van der Waals surface area contributed by atoms with Crippen molar-refractivity contribution in [2.24, 2.45) is 5.73 Å². The average molecular weight is 249 g/mol. The lowest BCUT2D eigenvalue weighted by molar-refractivity contribution is -0.132. The molecule has 1 aromatic heterocycles. The molecule has 2 rings (SSSR count). The zero-order chi connectivity index (χ0) is 13.0. The number of nitrogens with zero attached hydrogens (tertiary/aromatic N) is 4. The first-order chi connectivity index (χ1) is 8.72. The summed E-state index contributed by atoms with van der Waals surface area (Å²) in [4.78, 5) is 24.2. The molecule has 0 unspecified atom stereocenters. The van der Waals surface area contributed by atoms with Crippen LogP contribution in [0.5, 0.6) is 0 Å². The van der Waals surface area contributed by atoms with Crippen LogP contribution in [0.15, 0.2) is 18.6 Å². The van der Waals surface area contributed by atoms with E-state index in [9.17, 15) is 4.79 Å². The predicted molar refractivity (Wildman–Crippen MR) is 69.1 cm³/mol. The molecule has 0 aromatic carbocycles. The van der Waals surface area contributed by atoms with E-state index in [-0.39, 0.29) is 11.9 Å². The summed E-state index contributed by atoms with van der Waals surface area (Å²) >= 11 is 0. The fraction of sp³-hybridized carbons (Fsp3) is 0.583. The molecule has 0 aliphatic carbocycles. The van der Waals surface area contributed by atoms with Gasteiger partial charge in [-0.3, -0.25) is 9.78 Å². The Morgan fingerprint density at radius 2 is 2.11 bits per heavy atom. The molecule has 1 atom stereocenters. The van der Waals surface area contributed by atoms with Gasteiger partial charge in [-0.15, -0.1) is 0 Å². The first-order valence-electron chi connectivity index (χ1n) is 6.27. The number of carbonyl (C=O) groups is 1. The molecule has 18 heavy (non-hydrogen) atoms. The minimum absolute atomic E-state index is 0.0521. The van der Waals surface area contributed by atoms with E-state index in [1.165, 1.54) is 0 Å². The molecule has 0 saturated carbocycles. The third-order valence-electron chi connectivity index (χ3n) is 3.22. The van der Waals surface area contributed by atoms with Crippen molar-refractivity contribution in [3.8, 4) is 0 Å². The quantitative estimate of drug-likeness (QED) is 0.807. The Bertz CT molecular complexity index is 389. The number of amides is 1. The van der Waals surface area contributed by atoms with E-state index in [1.54, 1.807) is 18.6 Å². The van der Waals surface area contributed by atoms with Gasteiger partial charge in [0.25, 0.3) is 0 Å². The summed E-state index contributed by atoms with van der Waals surface area (Å²) in [5.74, 6) is 0.917. The van der Waals surface area contributed by atoms with E-state index in [0.29, 0.717) is 19.5 Å². The van der Waals surface area contributed by atoms with E-state index >= 15 is 0 Å². The molecule has 0 spiro atoms. The summed E-state index contributed by atoms with van der Waals surface area (Å²) in [5, 5.41) is 0. The third-order valence-corrected chi connectivity index (χ3v) is 3.22. The van der Waals surface area contributed by atoms with Gasteiger partial charge in [-0.05, 0) is 6.42 Å². The largest absolute Gasteiger partial charge is 0.352 e. The van der Waals surface area contributed by atoms with Crippen molar-refractivity contribution in [2.75, 3.05) is 31.1 Å². The number of hydrogen-bond donors (Lipinski definition) is 1. The van der Waals surface area contributed by atoms with Crippen molar-refractivity contribution < 1.29 is 4.79 Å². The fourth-order valence-electron chi connectivity index (χ4n) is 2.02. The highest BCUT2D eigenvalue weighted by molar-refractivity contribution is 5.81. The lowest BCUT2D eigenvalue weighted by atomic mass is 10.2. The van der Waals surface area contributed by atoms with Gasteiger partial charge in [-0.1, -0.05) is 6.92 Å². The lowest BCUT2D eigenvalue weighted by Crippen LogP contribution is -2.53. The van der Waals surface area contributed by atoms with Gasteiger partial charge in [-0.2, -0.15) is 0 Å². The summed E-state index contributed by atoms with van der Waals surface area (Å²) in [6.07, 6.45) is 5.77. The molecular formula is C12H19N5O. The van der Waals surface area contributed by atoms with Crippen molar-refractivity contribution in [1.29, 1.82) is 0 Å². The zero-order valence-electron chi connectivity index (χ0n) is 10.6. The molecule has 2 heterocycles. The molecule has 1 aliphatic rings.